The number of hydrogen-bond acceptors (Lipinski definition) is 4. The van der Waals surface area contributed by atoms with Crippen LogP contribution in [0.15, 0.2) is 12.1 Å². The summed E-state index contributed by atoms with van der Waals surface area (Å²) < 4.78 is 5.39. The van der Waals surface area contributed by atoms with Crippen LogP contribution in [-0.4, -0.2) is 43.4 Å². The third-order valence-electron chi connectivity index (χ3n) is 3.29. The van der Waals surface area contributed by atoms with Crippen molar-refractivity contribution in [1.82, 2.24) is 4.90 Å². The molecule has 19 heavy (non-hydrogen) atoms. The van der Waals surface area contributed by atoms with E-state index in [1.54, 1.807) is 11.3 Å². The first-order valence-electron chi connectivity index (χ1n) is 6.72. The van der Waals surface area contributed by atoms with Crippen molar-refractivity contribution in [3.8, 4) is 11.8 Å². The summed E-state index contributed by atoms with van der Waals surface area (Å²) >= 11 is 1.71. The zero-order valence-corrected chi connectivity index (χ0v) is 12.2. The number of aliphatic hydroxyl groups excluding tert-OH is 1. The normalized spacial score (nSPS) is 16.4. The van der Waals surface area contributed by atoms with Crippen LogP contribution in [0.4, 0.5) is 0 Å². The predicted octanol–water partition coefficient (Wildman–Crippen LogP) is 1.95. The second kappa shape index (κ2) is 7.66. The van der Waals surface area contributed by atoms with Gasteiger partial charge in [0.15, 0.2) is 0 Å². The van der Waals surface area contributed by atoms with E-state index in [2.05, 4.69) is 29.9 Å². The average Bonchev–Trinajstić information content (AvgIpc) is 2.85. The highest BCUT2D eigenvalue weighted by atomic mass is 32.1. The van der Waals surface area contributed by atoms with Crippen LogP contribution in [0.2, 0.25) is 0 Å². The first kappa shape index (κ1) is 14.5. The number of aliphatic hydroxyl groups is 1. The fourth-order valence-corrected chi connectivity index (χ4v) is 3.32. The number of rotatable bonds is 4. The zero-order valence-electron chi connectivity index (χ0n) is 11.4. The van der Waals surface area contributed by atoms with Crippen LogP contribution in [0, 0.1) is 17.8 Å². The Kier molecular flexibility index (Phi) is 5.87. The van der Waals surface area contributed by atoms with E-state index in [1.165, 1.54) is 17.7 Å². The van der Waals surface area contributed by atoms with Crippen LogP contribution in [0.3, 0.4) is 0 Å². The fourth-order valence-electron chi connectivity index (χ4n) is 2.36. The van der Waals surface area contributed by atoms with Gasteiger partial charge in [0.1, 0.15) is 6.61 Å². The van der Waals surface area contributed by atoms with Crippen molar-refractivity contribution in [1.29, 1.82) is 0 Å². The van der Waals surface area contributed by atoms with Crippen molar-refractivity contribution >= 4 is 11.3 Å². The molecule has 0 radical (unpaired) electrons. The molecule has 0 spiro atoms. The Labute approximate surface area is 119 Å². The van der Waals surface area contributed by atoms with E-state index in [0.29, 0.717) is 0 Å². The SMILES string of the molecule is CN(Cc1ccc(C#CCO)s1)CC1CCOCC1. The first-order valence-corrected chi connectivity index (χ1v) is 7.54. The molecule has 1 aliphatic heterocycles. The highest BCUT2D eigenvalue weighted by Crippen LogP contribution is 2.20. The summed E-state index contributed by atoms with van der Waals surface area (Å²) in [5, 5.41) is 8.67. The first-order chi connectivity index (χ1) is 9.28. The molecule has 0 unspecified atom stereocenters. The Balaban J connectivity index is 1.80. The monoisotopic (exact) mass is 279 g/mol. The van der Waals surface area contributed by atoms with E-state index in [1.807, 2.05) is 6.07 Å². The van der Waals surface area contributed by atoms with Gasteiger partial charge in [0, 0.05) is 31.2 Å². The lowest BCUT2D eigenvalue weighted by atomic mass is 10.00. The Morgan fingerprint density at radius 3 is 2.95 bits per heavy atom. The minimum absolute atomic E-state index is 0.0725. The topological polar surface area (TPSA) is 32.7 Å². The maximum atomic E-state index is 8.67. The van der Waals surface area contributed by atoms with Crippen molar-refractivity contribution in [2.75, 3.05) is 33.4 Å². The summed E-state index contributed by atoms with van der Waals surface area (Å²) in [4.78, 5) is 4.74. The molecule has 0 amide bonds. The van der Waals surface area contributed by atoms with Crippen LogP contribution in [0.1, 0.15) is 22.6 Å². The average molecular weight is 279 g/mol. The van der Waals surface area contributed by atoms with Gasteiger partial charge in [-0.05, 0) is 37.9 Å². The number of nitrogens with zero attached hydrogens (tertiary/aromatic N) is 1. The summed E-state index contributed by atoms with van der Waals surface area (Å²) in [6, 6.07) is 4.16. The molecule has 1 N–H and O–H groups in total. The molecular weight excluding hydrogens is 258 g/mol. The van der Waals surface area contributed by atoms with Gasteiger partial charge in [-0.15, -0.1) is 11.3 Å². The summed E-state index contributed by atoms with van der Waals surface area (Å²) in [7, 11) is 2.17. The van der Waals surface area contributed by atoms with Gasteiger partial charge in [-0.1, -0.05) is 11.8 Å². The van der Waals surface area contributed by atoms with Crippen LogP contribution < -0.4 is 0 Å². The minimum Gasteiger partial charge on any atom is -0.384 e. The van der Waals surface area contributed by atoms with Crippen LogP contribution in [0.5, 0.6) is 0 Å². The molecule has 0 saturated carbocycles. The molecule has 1 aliphatic rings. The van der Waals surface area contributed by atoms with Crippen molar-refractivity contribution < 1.29 is 9.84 Å². The summed E-state index contributed by atoms with van der Waals surface area (Å²) in [6.45, 7) is 3.87. The predicted molar refractivity (Wildman–Crippen MR) is 78.2 cm³/mol. The third kappa shape index (κ3) is 4.96. The van der Waals surface area contributed by atoms with Crippen LogP contribution in [0.25, 0.3) is 0 Å². The molecule has 0 aliphatic carbocycles. The Bertz CT molecular complexity index is 440. The molecule has 1 aromatic rings. The second-order valence-corrected chi connectivity index (χ2v) is 6.15. The standard InChI is InChI=1S/C15H21NO2S/c1-16(11-13-6-9-18-10-7-13)12-15-5-4-14(19-15)3-2-8-17/h4-5,13,17H,6-12H2,1H3. The molecular formula is C15H21NO2S. The summed E-state index contributed by atoms with van der Waals surface area (Å²) in [5.41, 5.74) is 0. The van der Waals surface area contributed by atoms with Gasteiger partial charge in [-0.25, -0.2) is 0 Å². The van der Waals surface area contributed by atoms with E-state index >= 15 is 0 Å². The molecule has 2 heterocycles. The molecule has 0 atom stereocenters. The fraction of sp³-hybridized carbons (Fsp3) is 0.600. The molecule has 0 aromatic carbocycles. The maximum absolute atomic E-state index is 8.67. The Morgan fingerprint density at radius 1 is 1.42 bits per heavy atom. The van der Waals surface area contributed by atoms with Gasteiger partial charge in [0.05, 0.1) is 4.88 Å². The summed E-state index contributed by atoms with van der Waals surface area (Å²) in [5.74, 6) is 6.41. The lowest BCUT2D eigenvalue weighted by molar-refractivity contribution is 0.0550. The van der Waals surface area contributed by atoms with Gasteiger partial charge in [-0.3, -0.25) is 0 Å². The van der Waals surface area contributed by atoms with Crippen molar-refractivity contribution in [3.63, 3.8) is 0 Å². The van der Waals surface area contributed by atoms with Gasteiger partial charge >= 0.3 is 0 Å². The van der Waals surface area contributed by atoms with Crippen LogP contribution >= 0.6 is 11.3 Å². The lowest BCUT2D eigenvalue weighted by Crippen LogP contribution is -2.29. The largest absolute Gasteiger partial charge is 0.384 e. The van der Waals surface area contributed by atoms with Gasteiger partial charge < -0.3 is 14.7 Å². The molecule has 104 valence electrons. The van der Waals surface area contributed by atoms with Crippen molar-refractivity contribution in [2.45, 2.75) is 19.4 Å². The zero-order chi connectivity index (χ0) is 13.5. The van der Waals surface area contributed by atoms with Gasteiger partial charge in [0.2, 0.25) is 0 Å². The van der Waals surface area contributed by atoms with E-state index in [0.717, 1.165) is 37.1 Å². The Hall–Kier alpha value is -0.860. The molecule has 1 saturated heterocycles. The smallest absolute Gasteiger partial charge is 0.104 e. The van der Waals surface area contributed by atoms with E-state index in [-0.39, 0.29) is 6.61 Å². The highest BCUT2D eigenvalue weighted by Gasteiger charge is 2.16. The maximum Gasteiger partial charge on any atom is 0.104 e. The highest BCUT2D eigenvalue weighted by molar-refractivity contribution is 7.12. The third-order valence-corrected chi connectivity index (χ3v) is 4.27. The molecule has 1 aromatic heterocycles. The lowest BCUT2D eigenvalue weighted by Gasteiger charge is -2.26. The van der Waals surface area contributed by atoms with Gasteiger partial charge in [-0.2, -0.15) is 0 Å². The van der Waals surface area contributed by atoms with Gasteiger partial charge in [0.25, 0.3) is 0 Å². The number of thiophene rings is 1. The molecule has 0 bridgehead atoms. The quantitative estimate of drug-likeness (QED) is 0.855. The van der Waals surface area contributed by atoms with Crippen molar-refractivity contribution in [3.05, 3.63) is 21.9 Å². The van der Waals surface area contributed by atoms with E-state index < -0.39 is 0 Å². The van der Waals surface area contributed by atoms with Crippen LogP contribution in [-0.2, 0) is 11.3 Å². The molecule has 3 nitrogen and oxygen atoms in total. The molecule has 4 heteroatoms. The van der Waals surface area contributed by atoms with Crippen molar-refractivity contribution in [2.24, 2.45) is 5.92 Å². The Morgan fingerprint density at radius 2 is 2.21 bits per heavy atom. The number of hydrogen-bond donors (Lipinski definition) is 1. The molecule has 1 fully saturated rings. The summed E-state index contributed by atoms with van der Waals surface area (Å²) in [6.07, 6.45) is 2.37. The minimum atomic E-state index is -0.0725. The second-order valence-electron chi connectivity index (χ2n) is 4.98. The van der Waals surface area contributed by atoms with E-state index in [4.69, 9.17) is 9.84 Å². The van der Waals surface area contributed by atoms with E-state index in [9.17, 15) is 0 Å². The molecule has 2 rings (SSSR count). The number of ether oxygens (including phenoxy) is 1.